The Labute approximate surface area is 88.3 Å². The van der Waals surface area contributed by atoms with Crippen molar-refractivity contribution in [2.24, 2.45) is 0 Å². The molecule has 0 bridgehead atoms. The summed E-state index contributed by atoms with van der Waals surface area (Å²) in [6.07, 6.45) is -4.49. The van der Waals surface area contributed by atoms with Gasteiger partial charge in [-0.1, -0.05) is 5.21 Å². The molecule has 0 aliphatic heterocycles. The Morgan fingerprint density at radius 2 is 2.06 bits per heavy atom. The molecule has 2 rings (SSSR count). The Kier molecular flexibility index (Phi) is 2.25. The number of aromatic nitrogens is 3. The highest BCUT2D eigenvalue weighted by molar-refractivity contribution is 5.81. The van der Waals surface area contributed by atoms with Crippen LogP contribution in [0.2, 0.25) is 0 Å². The van der Waals surface area contributed by atoms with E-state index in [1.165, 1.54) is 4.68 Å². The van der Waals surface area contributed by atoms with Gasteiger partial charge in [0.1, 0.15) is 5.75 Å². The third-order valence-electron chi connectivity index (χ3n) is 2.23. The topological polar surface area (TPSA) is 50.9 Å². The molecule has 16 heavy (non-hydrogen) atoms. The van der Waals surface area contributed by atoms with Crippen LogP contribution in [0.1, 0.15) is 12.5 Å². The lowest BCUT2D eigenvalue weighted by Gasteiger charge is -2.07. The molecule has 86 valence electrons. The largest absolute Gasteiger partial charge is 0.506 e. The second-order valence-corrected chi connectivity index (χ2v) is 3.27. The maximum atomic E-state index is 12.5. The third kappa shape index (κ3) is 1.58. The normalized spacial score (nSPS) is 12.2. The summed E-state index contributed by atoms with van der Waals surface area (Å²) in [6.45, 7) is 2.11. The van der Waals surface area contributed by atoms with Gasteiger partial charge in [-0.05, 0) is 19.1 Å². The molecule has 0 saturated heterocycles. The van der Waals surface area contributed by atoms with Crippen LogP contribution in [0.4, 0.5) is 13.2 Å². The van der Waals surface area contributed by atoms with Gasteiger partial charge in [0.15, 0.2) is 5.52 Å². The van der Waals surface area contributed by atoms with Crippen molar-refractivity contribution in [1.29, 1.82) is 0 Å². The van der Waals surface area contributed by atoms with Crippen molar-refractivity contribution in [3.63, 3.8) is 0 Å². The molecule has 0 spiro atoms. The van der Waals surface area contributed by atoms with E-state index in [0.717, 1.165) is 6.07 Å². The molecule has 0 aliphatic carbocycles. The molecule has 0 fully saturated rings. The number of halogens is 3. The molecule has 0 atom stereocenters. The molecule has 0 unspecified atom stereocenters. The number of benzene rings is 1. The maximum absolute atomic E-state index is 12.5. The van der Waals surface area contributed by atoms with Crippen LogP contribution in [0.15, 0.2) is 12.1 Å². The number of phenols is 1. The van der Waals surface area contributed by atoms with E-state index in [2.05, 4.69) is 10.3 Å². The smallest absolute Gasteiger partial charge is 0.416 e. The lowest BCUT2D eigenvalue weighted by atomic mass is 10.1. The van der Waals surface area contributed by atoms with Gasteiger partial charge >= 0.3 is 6.18 Å². The number of alkyl halides is 3. The first-order valence-electron chi connectivity index (χ1n) is 4.57. The summed E-state index contributed by atoms with van der Waals surface area (Å²) < 4.78 is 38.7. The second-order valence-electron chi connectivity index (χ2n) is 3.27. The fraction of sp³-hybridized carbons (Fsp3) is 0.333. The second kappa shape index (κ2) is 3.36. The van der Waals surface area contributed by atoms with E-state index in [1.807, 2.05) is 0 Å². The summed E-state index contributed by atoms with van der Waals surface area (Å²) in [5, 5.41) is 16.7. The highest BCUT2D eigenvalue weighted by Gasteiger charge is 2.32. The summed E-state index contributed by atoms with van der Waals surface area (Å²) in [7, 11) is 0. The van der Waals surface area contributed by atoms with Crippen LogP contribution < -0.4 is 0 Å². The van der Waals surface area contributed by atoms with Crippen molar-refractivity contribution in [1.82, 2.24) is 15.0 Å². The first kappa shape index (κ1) is 10.7. The standard InChI is InChI=1S/C9H8F3N3O/c1-2-15-6-3-5(9(10,11)12)4-7(16)8(6)13-14-15/h3-4,16H,2H2,1H3. The van der Waals surface area contributed by atoms with Gasteiger partial charge in [0.25, 0.3) is 0 Å². The lowest BCUT2D eigenvalue weighted by molar-refractivity contribution is -0.137. The maximum Gasteiger partial charge on any atom is 0.416 e. The summed E-state index contributed by atoms with van der Waals surface area (Å²) in [4.78, 5) is 0. The number of phenolic OH excluding ortho intramolecular Hbond substituents is 1. The van der Waals surface area contributed by atoms with Gasteiger partial charge in [-0.15, -0.1) is 5.10 Å². The zero-order valence-corrected chi connectivity index (χ0v) is 8.28. The van der Waals surface area contributed by atoms with Gasteiger partial charge in [-0.2, -0.15) is 13.2 Å². The Morgan fingerprint density at radius 1 is 1.38 bits per heavy atom. The van der Waals surface area contributed by atoms with E-state index in [4.69, 9.17) is 0 Å². The average molecular weight is 231 g/mol. The minimum absolute atomic E-state index is 0.0786. The fourth-order valence-corrected chi connectivity index (χ4v) is 1.45. The van der Waals surface area contributed by atoms with E-state index in [-0.39, 0.29) is 11.0 Å². The van der Waals surface area contributed by atoms with E-state index in [1.54, 1.807) is 6.92 Å². The van der Waals surface area contributed by atoms with Crippen molar-refractivity contribution in [3.05, 3.63) is 17.7 Å². The van der Waals surface area contributed by atoms with Gasteiger partial charge in [-0.25, -0.2) is 4.68 Å². The Balaban J connectivity index is 2.73. The summed E-state index contributed by atoms with van der Waals surface area (Å²) in [6, 6.07) is 1.58. The zero-order valence-electron chi connectivity index (χ0n) is 8.28. The lowest BCUT2D eigenvalue weighted by Crippen LogP contribution is -2.05. The predicted molar refractivity (Wildman–Crippen MR) is 49.9 cm³/mol. The quantitative estimate of drug-likeness (QED) is 0.818. The molecule has 4 nitrogen and oxygen atoms in total. The first-order valence-corrected chi connectivity index (χ1v) is 4.57. The SMILES string of the molecule is CCn1nnc2c(O)cc(C(F)(F)F)cc21. The molecule has 2 aromatic rings. The van der Waals surface area contributed by atoms with Gasteiger partial charge in [0.2, 0.25) is 0 Å². The van der Waals surface area contributed by atoms with Crippen molar-refractivity contribution >= 4 is 11.0 Å². The van der Waals surface area contributed by atoms with Gasteiger partial charge in [0, 0.05) is 6.54 Å². The molecular weight excluding hydrogens is 223 g/mol. The molecule has 0 radical (unpaired) electrons. The first-order chi connectivity index (χ1) is 7.43. The van der Waals surface area contributed by atoms with Crippen molar-refractivity contribution in [2.45, 2.75) is 19.6 Å². The van der Waals surface area contributed by atoms with Crippen molar-refractivity contribution in [2.75, 3.05) is 0 Å². The van der Waals surface area contributed by atoms with Gasteiger partial charge < -0.3 is 5.11 Å². The van der Waals surface area contributed by atoms with Gasteiger partial charge in [-0.3, -0.25) is 0 Å². The molecule has 7 heteroatoms. The van der Waals surface area contributed by atoms with Crippen LogP contribution in [-0.2, 0) is 12.7 Å². The Bertz CT molecular complexity index is 533. The van der Waals surface area contributed by atoms with Crippen molar-refractivity contribution in [3.8, 4) is 5.75 Å². The molecule has 0 aliphatic rings. The number of nitrogens with zero attached hydrogens (tertiary/aromatic N) is 3. The van der Waals surface area contributed by atoms with Crippen LogP contribution in [0, 0.1) is 0 Å². The number of aromatic hydroxyl groups is 1. The molecular formula is C9H8F3N3O. The van der Waals surface area contributed by atoms with E-state index >= 15 is 0 Å². The summed E-state index contributed by atoms with van der Waals surface area (Å²) in [5.41, 5.74) is -0.654. The fourth-order valence-electron chi connectivity index (χ4n) is 1.45. The molecule has 0 amide bonds. The zero-order chi connectivity index (χ0) is 11.9. The van der Waals surface area contributed by atoms with E-state index < -0.39 is 17.5 Å². The summed E-state index contributed by atoms with van der Waals surface area (Å²) >= 11 is 0. The van der Waals surface area contributed by atoms with Crippen LogP contribution in [0.25, 0.3) is 11.0 Å². The monoisotopic (exact) mass is 231 g/mol. The van der Waals surface area contributed by atoms with Crippen molar-refractivity contribution < 1.29 is 18.3 Å². The molecule has 0 saturated carbocycles. The average Bonchev–Trinajstić information content (AvgIpc) is 2.59. The number of rotatable bonds is 1. The van der Waals surface area contributed by atoms with Crippen LogP contribution >= 0.6 is 0 Å². The Hall–Kier alpha value is -1.79. The van der Waals surface area contributed by atoms with E-state index in [9.17, 15) is 18.3 Å². The number of fused-ring (bicyclic) bond motifs is 1. The minimum atomic E-state index is -4.49. The highest BCUT2D eigenvalue weighted by atomic mass is 19.4. The third-order valence-corrected chi connectivity index (χ3v) is 2.23. The number of aryl methyl sites for hydroxylation is 1. The summed E-state index contributed by atoms with van der Waals surface area (Å²) in [5.74, 6) is -0.510. The predicted octanol–water partition coefficient (Wildman–Crippen LogP) is 2.18. The van der Waals surface area contributed by atoms with Crippen LogP contribution in [-0.4, -0.2) is 20.1 Å². The number of hydrogen-bond acceptors (Lipinski definition) is 3. The minimum Gasteiger partial charge on any atom is -0.506 e. The molecule has 1 heterocycles. The molecule has 1 aromatic carbocycles. The number of hydrogen-bond donors (Lipinski definition) is 1. The van der Waals surface area contributed by atoms with Crippen LogP contribution in [0.3, 0.4) is 0 Å². The van der Waals surface area contributed by atoms with Crippen LogP contribution in [0.5, 0.6) is 5.75 Å². The molecule has 1 aromatic heterocycles. The Morgan fingerprint density at radius 3 is 2.62 bits per heavy atom. The van der Waals surface area contributed by atoms with E-state index in [0.29, 0.717) is 12.6 Å². The van der Waals surface area contributed by atoms with Gasteiger partial charge in [0.05, 0.1) is 11.1 Å². The highest BCUT2D eigenvalue weighted by Crippen LogP contribution is 2.34. The molecule has 1 N–H and O–H groups in total.